The molecule has 0 amide bonds. The monoisotopic (exact) mass is 530 g/mol. The predicted molar refractivity (Wildman–Crippen MR) is 157 cm³/mol. The maximum atomic E-state index is 14.8. The minimum atomic E-state index is -0.791. The van der Waals surface area contributed by atoms with Gasteiger partial charge in [-0.1, -0.05) is 67.5 Å². The summed E-state index contributed by atoms with van der Waals surface area (Å²) in [6, 6.07) is 2.22. The van der Waals surface area contributed by atoms with Crippen LogP contribution < -0.4 is 5.32 Å². The zero-order chi connectivity index (χ0) is 29.1. The highest BCUT2D eigenvalue weighted by molar-refractivity contribution is 6.05. The highest BCUT2D eigenvalue weighted by Gasteiger charge is 2.75. The van der Waals surface area contributed by atoms with Crippen LogP contribution in [0.5, 0.6) is 0 Å². The van der Waals surface area contributed by atoms with Gasteiger partial charge in [-0.05, 0) is 90.7 Å². The Morgan fingerprint density at radius 1 is 0.974 bits per heavy atom. The lowest BCUT2D eigenvalue weighted by Crippen LogP contribution is -2.70. The molecule has 0 unspecified atom stereocenters. The molecule has 39 heavy (non-hydrogen) atoms. The fourth-order valence-electron chi connectivity index (χ4n) is 11.7. The van der Waals surface area contributed by atoms with Crippen LogP contribution in [0.15, 0.2) is 36.0 Å². The van der Waals surface area contributed by atoms with Crippen molar-refractivity contribution in [1.29, 1.82) is 5.26 Å². The number of hydrogen-bond acceptors (Lipinski definition) is 4. The van der Waals surface area contributed by atoms with Crippen molar-refractivity contribution < 1.29 is 9.59 Å². The minimum absolute atomic E-state index is 0.0575. The Bertz CT molecular complexity index is 1260. The number of carbonyl (C=O) groups excluding carboxylic acids is 2. The second-order valence-corrected chi connectivity index (χ2v) is 16.2. The van der Waals surface area contributed by atoms with Gasteiger partial charge in [-0.3, -0.25) is 9.59 Å². The average Bonchev–Trinajstić information content (AvgIpc) is 2.84. The van der Waals surface area contributed by atoms with E-state index in [1.165, 1.54) is 6.42 Å². The van der Waals surface area contributed by atoms with Crippen molar-refractivity contribution in [3.63, 3.8) is 0 Å². The molecule has 7 atom stereocenters. The van der Waals surface area contributed by atoms with Crippen LogP contribution in [0.1, 0.15) is 100 Å². The van der Waals surface area contributed by atoms with Crippen LogP contribution in [0.4, 0.5) is 0 Å². The predicted octanol–water partition coefficient (Wildman–Crippen LogP) is 7.37. The lowest BCUT2D eigenvalue weighted by atomic mass is 9.29. The Kier molecular flexibility index (Phi) is 5.90. The molecule has 4 heteroatoms. The number of nitrogens with one attached hydrogen (secondary N) is 1. The fraction of sp³-hybridized carbons (Fsp3) is 0.743. The van der Waals surface area contributed by atoms with E-state index in [9.17, 15) is 14.9 Å². The summed E-state index contributed by atoms with van der Waals surface area (Å²) in [5, 5.41) is 13.6. The number of nitrogens with zero attached hydrogens (tertiary/aromatic N) is 1. The van der Waals surface area contributed by atoms with Gasteiger partial charge >= 0.3 is 0 Å². The van der Waals surface area contributed by atoms with Crippen LogP contribution in [-0.4, -0.2) is 25.2 Å². The summed E-state index contributed by atoms with van der Waals surface area (Å²) in [4.78, 5) is 28.3. The molecule has 0 aromatic rings. The first-order chi connectivity index (χ1) is 17.9. The van der Waals surface area contributed by atoms with Crippen molar-refractivity contribution in [3.8, 4) is 6.07 Å². The number of Topliss-reactive ketones (excluding diaryl/α,β-unsaturated/α-hetero) is 1. The first kappa shape index (κ1) is 28.5. The first-order valence-electron chi connectivity index (χ1n) is 15.1. The molecule has 5 rings (SSSR count). The van der Waals surface area contributed by atoms with Crippen LogP contribution >= 0.6 is 0 Å². The van der Waals surface area contributed by atoms with Gasteiger partial charge in [-0.25, -0.2) is 0 Å². The summed E-state index contributed by atoms with van der Waals surface area (Å²) in [5.41, 5.74) is -0.892. The molecule has 0 saturated heterocycles. The van der Waals surface area contributed by atoms with Crippen LogP contribution in [0.25, 0.3) is 0 Å². The molecule has 0 aromatic heterocycles. The molecule has 4 nitrogen and oxygen atoms in total. The van der Waals surface area contributed by atoms with Crippen molar-refractivity contribution in [1.82, 2.24) is 5.32 Å². The van der Waals surface area contributed by atoms with E-state index in [0.29, 0.717) is 0 Å². The molecule has 5 aliphatic carbocycles. The van der Waals surface area contributed by atoms with Crippen molar-refractivity contribution in [2.24, 2.45) is 49.2 Å². The molecule has 212 valence electrons. The standard InChI is InChI=1S/C35H50N2O2/c1-11-35-17-14-30(6)25(32(35,8)19-23(20-36)27(39)29(35,4)5)18-24(38)26-31(30,7)13-16-34(22-37-10)15-12-28(2,3)21-33(26,34)9/h11,18-19,26,37H,1,12-17,21-22H2,2-10H3/t26-,30+,31+,32+,33-,34+,35-/m0/s1. The van der Waals surface area contributed by atoms with E-state index in [1.807, 2.05) is 32.1 Å². The Morgan fingerprint density at radius 3 is 2.21 bits per heavy atom. The maximum Gasteiger partial charge on any atom is 0.179 e. The molecule has 0 aromatic carbocycles. The number of fused-ring (bicyclic) bond motifs is 7. The number of rotatable bonds is 3. The number of carbonyl (C=O) groups is 2. The smallest absolute Gasteiger partial charge is 0.179 e. The van der Waals surface area contributed by atoms with E-state index >= 15 is 0 Å². The third-order valence-corrected chi connectivity index (χ3v) is 14.0. The topological polar surface area (TPSA) is 70.0 Å². The van der Waals surface area contributed by atoms with Crippen molar-refractivity contribution in [2.75, 3.05) is 13.6 Å². The largest absolute Gasteiger partial charge is 0.319 e. The summed E-state index contributed by atoms with van der Waals surface area (Å²) < 4.78 is 0. The SMILES string of the molecule is C=C[C@@]12CC[C@]3(C)C(=CC(=O)[C@@H]4[C@]5(C)CC(C)(C)CC[C@]5(CNC)CC[C@]43C)[C@@]1(C)C=C(C#N)C(=O)C2(C)C. The Hall–Kier alpha value is -1.99. The lowest BCUT2D eigenvalue weighted by Gasteiger charge is -2.74. The lowest BCUT2D eigenvalue weighted by molar-refractivity contribution is -0.208. The Labute approximate surface area is 236 Å². The minimum Gasteiger partial charge on any atom is -0.319 e. The average molecular weight is 531 g/mol. The number of hydrogen-bond donors (Lipinski definition) is 1. The molecule has 0 spiro atoms. The number of nitriles is 1. The zero-order valence-corrected chi connectivity index (χ0v) is 25.9. The van der Waals surface area contributed by atoms with Crippen LogP contribution in [0.2, 0.25) is 0 Å². The quantitative estimate of drug-likeness (QED) is 0.387. The van der Waals surface area contributed by atoms with E-state index in [4.69, 9.17) is 0 Å². The van der Waals surface area contributed by atoms with Gasteiger partial charge in [-0.15, -0.1) is 6.58 Å². The van der Waals surface area contributed by atoms with Gasteiger partial charge < -0.3 is 5.32 Å². The second-order valence-electron chi connectivity index (χ2n) is 16.2. The fourth-order valence-corrected chi connectivity index (χ4v) is 11.7. The highest BCUT2D eigenvalue weighted by Crippen LogP contribution is 2.79. The third-order valence-electron chi connectivity index (χ3n) is 14.0. The molecule has 1 N–H and O–H groups in total. The molecular weight excluding hydrogens is 480 g/mol. The van der Waals surface area contributed by atoms with E-state index in [2.05, 4.69) is 66.6 Å². The van der Waals surface area contributed by atoms with E-state index in [0.717, 1.165) is 50.6 Å². The van der Waals surface area contributed by atoms with Gasteiger partial charge in [0.2, 0.25) is 0 Å². The van der Waals surface area contributed by atoms with Gasteiger partial charge in [0.05, 0.1) is 5.57 Å². The summed E-state index contributed by atoms with van der Waals surface area (Å²) >= 11 is 0. The van der Waals surface area contributed by atoms with Crippen molar-refractivity contribution >= 4 is 11.6 Å². The second kappa shape index (κ2) is 8.06. The zero-order valence-electron chi connectivity index (χ0n) is 25.9. The van der Waals surface area contributed by atoms with Crippen LogP contribution in [0.3, 0.4) is 0 Å². The number of ketones is 2. The molecule has 0 aliphatic heterocycles. The summed E-state index contributed by atoms with van der Waals surface area (Å²) in [6.45, 7) is 23.4. The van der Waals surface area contributed by atoms with Crippen molar-refractivity contribution in [2.45, 2.75) is 100 Å². The Balaban J connectivity index is 1.78. The molecule has 0 heterocycles. The first-order valence-corrected chi connectivity index (χ1v) is 15.1. The van der Waals surface area contributed by atoms with Gasteiger partial charge in [0.25, 0.3) is 0 Å². The molecule has 0 radical (unpaired) electrons. The summed E-state index contributed by atoms with van der Waals surface area (Å²) in [6.07, 6.45) is 13.2. The normalized spacial score (nSPS) is 47.8. The van der Waals surface area contributed by atoms with Gasteiger partial charge in [0, 0.05) is 28.7 Å². The molecular formula is C35H50N2O2. The highest BCUT2D eigenvalue weighted by atomic mass is 16.1. The summed E-state index contributed by atoms with van der Waals surface area (Å²) in [7, 11) is 2.06. The number of allylic oxidation sites excluding steroid dienone is 5. The summed E-state index contributed by atoms with van der Waals surface area (Å²) in [5.74, 6) is 0.0928. The van der Waals surface area contributed by atoms with E-state index in [-0.39, 0.29) is 50.1 Å². The molecule has 3 fully saturated rings. The maximum absolute atomic E-state index is 14.8. The molecule has 3 saturated carbocycles. The molecule has 0 bridgehead atoms. The van der Waals surface area contributed by atoms with Gasteiger partial charge in [-0.2, -0.15) is 5.26 Å². The van der Waals surface area contributed by atoms with Crippen LogP contribution in [-0.2, 0) is 9.59 Å². The van der Waals surface area contributed by atoms with Crippen molar-refractivity contribution in [3.05, 3.63) is 36.0 Å². The van der Waals surface area contributed by atoms with Crippen LogP contribution in [0, 0.1) is 60.6 Å². The molecule has 5 aliphatic rings. The van der Waals surface area contributed by atoms with E-state index < -0.39 is 16.2 Å². The Morgan fingerprint density at radius 2 is 1.62 bits per heavy atom. The van der Waals surface area contributed by atoms with Gasteiger partial charge in [0.1, 0.15) is 6.07 Å². The third kappa shape index (κ3) is 3.04. The van der Waals surface area contributed by atoms with Gasteiger partial charge in [0.15, 0.2) is 11.6 Å². The van der Waals surface area contributed by atoms with E-state index in [1.54, 1.807) is 0 Å².